The third-order valence-electron chi connectivity index (χ3n) is 3.13. The second kappa shape index (κ2) is 6.59. The lowest BCUT2D eigenvalue weighted by atomic mass is 10.1. The molecule has 1 heterocycles. The second-order valence-electron chi connectivity index (χ2n) is 4.60. The lowest BCUT2D eigenvalue weighted by Gasteiger charge is -2.21. The fourth-order valence-corrected chi connectivity index (χ4v) is 2.17. The molecule has 0 aromatic rings. The number of aliphatic hydroxyl groups is 1. The van der Waals surface area contributed by atoms with Gasteiger partial charge in [0.25, 0.3) is 0 Å². The van der Waals surface area contributed by atoms with E-state index < -0.39 is 18.1 Å². The van der Waals surface area contributed by atoms with Crippen molar-refractivity contribution in [3.63, 3.8) is 0 Å². The Morgan fingerprint density at radius 3 is 2.59 bits per heavy atom. The van der Waals surface area contributed by atoms with E-state index in [0.29, 0.717) is 6.42 Å². The van der Waals surface area contributed by atoms with E-state index in [1.165, 1.54) is 4.90 Å². The van der Waals surface area contributed by atoms with E-state index in [2.05, 4.69) is 6.92 Å². The van der Waals surface area contributed by atoms with Crippen LogP contribution in [0.2, 0.25) is 0 Å². The Labute approximate surface area is 101 Å². The molecule has 1 fully saturated rings. The molecule has 1 aliphatic rings. The molecule has 0 aromatic heterocycles. The molecule has 5 heteroatoms. The van der Waals surface area contributed by atoms with Crippen molar-refractivity contribution in [3.05, 3.63) is 0 Å². The second-order valence-corrected chi connectivity index (χ2v) is 4.60. The van der Waals surface area contributed by atoms with Crippen LogP contribution < -0.4 is 0 Å². The van der Waals surface area contributed by atoms with Crippen LogP contribution in [0.4, 0.5) is 0 Å². The van der Waals surface area contributed by atoms with Crippen molar-refractivity contribution in [2.75, 3.05) is 6.54 Å². The maximum absolute atomic E-state index is 11.8. The van der Waals surface area contributed by atoms with Crippen LogP contribution in [0, 0.1) is 0 Å². The number of likely N-dealkylation sites (tertiary alicyclic amines) is 1. The number of rotatable bonds is 6. The largest absolute Gasteiger partial charge is 0.480 e. The number of aliphatic carboxylic acids is 1. The third kappa shape index (κ3) is 4.00. The van der Waals surface area contributed by atoms with Crippen LogP contribution in [0.1, 0.15) is 45.4 Å². The summed E-state index contributed by atoms with van der Waals surface area (Å²) in [7, 11) is 0. The first-order chi connectivity index (χ1) is 8.06. The van der Waals surface area contributed by atoms with E-state index in [0.717, 1.165) is 25.7 Å². The molecule has 0 bridgehead atoms. The van der Waals surface area contributed by atoms with Crippen LogP contribution >= 0.6 is 0 Å². The summed E-state index contributed by atoms with van der Waals surface area (Å²) in [5.74, 6) is -1.17. The van der Waals surface area contributed by atoms with Crippen molar-refractivity contribution in [3.8, 4) is 0 Å². The molecular weight excluding hydrogens is 222 g/mol. The molecule has 5 nitrogen and oxygen atoms in total. The molecule has 2 atom stereocenters. The van der Waals surface area contributed by atoms with Gasteiger partial charge in [-0.2, -0.15) is 0 Å². The Kier molecular flexibility index (Phi) is 5.41. The first-order valence-corrected chi connectivity index (χ1v) is 6.26. The Morgan fingerprint density at radius 2 is 2.00 bits per heavy atom. The zero-order valence-corrected chi connectivity index (χ0v) is 10.3. The average molecular weight is 243 g/mol. The van der Waals surface area contributed by atoms with Crippen molar-refractivity contribution in [2.24, 2.45) is 0 Å². The summed E-state index contributed by atoms with van der Waals surface area (Å²) in [6.07, 6.45) is 3.83. The maximum atomic E-state index is 11.8. The number of aliphatic hydroxyl groups excluding tert-OH is 1. The summed E-state index contributed by atoms with van der Waals surface area (Å²) in [6.45, 7) is 2.25. The summed E-state index contributed by atoms with van der Waals surface area (Å²) in [4.78, 5) is 24.1. The molecule has 2 unspecified atom stereocenters. The molecular formula is C12H21NO4. The van der Waals surface area contributed by atoms with Gasteiger partial charge in [-0.05, 0) is 6.42 Å². The van der Waals surface area contributed by atoms with Gasteiger partial charge in [0.05, 0.1) is 6.10 Å². The van der Waals surface area contributed by atoms with Crippen LogP contribution in [-0.4, -0.2) is 45.7 Å². The maximum Gasteiger partial charge on any atom is 0.326 e. The number of carbonyl (C=O) groups is 2. The van der Waals surface area contributed by atoms with Gasteiger partial charge in [-0.15, -0.1) is 0 Å². The minimum absolute atomic E-state index is 0.148. The van der Waals surface area contributed by atoms with Crippen LogP contribution in [0.3, 0.4) is 0 Å². The molecule has 1 rings (SSSR count). The first-order valence-electron chi connectivity index (χ1n) is 6.26. The number of nitrogens with zero attached hydrogens (tertiary/aromatic N) is 1. The highest BCUT2D eigenvalue weighted by Crippen LogP contribution is 2.20. The molecule has 98 valence electrons. The van der Waals surface area contributed by atoms with Crippen molar-refractivity contribution in [1.82, 2.24) is 4.90 Å². The Hall–Kier alpha value is -1.10. The van der Waals surface area contributed by atoms with Crippen molar-refractivity contribution < 1.29 is 19.8 Å². The smallest absolute Gasteiger partial charge is 0.326 e. The molecule has 0 saturated carbocycles. The highest BCUT2D eigenvalue weighted by Gasteiger charge is 2.38. The van der Waals surface area contributed by atoms with Gasteiger partial charge in [-0.25, -0.2) is 4.79 Å². The molecule has 0 spiro atoms. The van der Waals surface area contributed by atoms with Crippen LogP contribution in [0.25, 0.3) is 0 Å². The van der Waals surface area contributed by atoms with E-state index in [1.54, 1.807) is 0 Å². The number of unbranched alkanes of at least 4 members (excludes halogenated alkanes) is 3. The monoisotopic (exact) mass is 243 g/mol. The number of carboxylic acids is 1. The van der Waals surface area contributed by atoms with Gasteiger partial charge in [-0.3, -0.25) is 4.79 Å². The topological polar surface area (TPSA) is 77.8 Å². The number of hydrogen-bond donors (Lipinski definition) is 2. The van der Waals surface area contributed by atoms with Crippen molar-refractivity contribution in [2.45, 2.75) is 57.6 Å². The predicted molar refractivity (Wildman–Crippen MR) is 62.5 cm³/mol. The zero-order chi connectivity index (χ0) is 12.8. The highest BCUT2D eigenvalue weighted by atomic mass is 16.4. The quantitative estimate of drug-likeness (QED) is 0.682. The first kappa shape index (κ1) is 14.0. The number of carbonyl (C=O) groups excluding carboxylic acids is 1. The summed E-state index contributed by atoms with van der Waals surface area (Å²) >= 11 is 0. The molecule has 1 amide bonds. The van der Waals surface area contributed by atoms with Crippen LogP contribution in [0.5, 0.6) is 0 Å². The van der Waals surface area contributed by atoms with Gasteiger partial charge < -0.3 is 15.1 Å². The number of hydrogen-bond acceptors (Lipinski definition) is 3. The lowest BCUT2D eigenvalue weighted by molar-refractivity contribution is -0.148. The summed E-state index contributed by atoms with van der Waals surface area (Å²) in [6, 6.07) is -0.844. The van der Waals surface area contributed by atoms with Gasteiger partial charge in [0.2, 0.25) is 5.91 Å². The number of β-amino-alcohol motifs (C(OH)–C–C–N with tert-alkyl or cyclic N) is 1. The molecule has 1 aliphatic heterocycles. The van der Waals surface area contributed by atoms with E-state index in [9.17, 15) is 14.7 Å². The average Bonchev–Trinajstić information content (AvgIpc) is 2.66. The highest BCUT2D eigenvalue weighted by molar-refractivity contribution is 5.84. The SMILES string of the molecule is CCCCCCC(=O)N1CC(O)CC1C(=O)O. The summed E-state index contributed by atoms with van der Waals surface area (Å²) in [5, 5.41) is 18.4. The van der Waals surface area contributed by atoms with E-state index in [4.69, 9.17) is 5.11 Å². The summed E-state index contributed by atoms with van der Waals surface area (Å²) in [5.41, 5.74) is 0. The van der Waals surface area contributed by atoms with Gasteiger partial charge in [0, 0.05) is 19.4 Å². The zero-order valence-electron chi connectivity index (χ0n) is 10.3. The van der Waals surface area contributed by atoms with Crippen molar-refractivity contribution in [1.29, 1.82) is 0 Å². The lowest BCUT2D eigenvalue weighted by Crippen LogP contribution is -2.40. The Morgan fingerprint density at radius 1 is 1.29 bits per heavy atom. The molecule has 0 aromatic carbocycles. The molecule has 0 aliphatic carbocycles. The minimum Gasteiger partial charge on any atom is -0.480 e. The van der Waals surface area contributed by atoms with E-state index >= 15 is 0 Å². The van der Waals surface area contributed by atoms with Gasteiger partial charge in [-0.1, -0.05) is 26.2 Å². The predicted octanol–water partition coefficient (Wildman–Crippen LogP) is 1.00. The van der Waals surface area contributed by atoms with E-state index in [1.807, 2.05) is 0 Å². The number of amides is 1. The minimum atomic E-state index is -1.02. The fraction of sp³-hybridized carbons (Fsp3) is 0.833. The number of carboxylic acid groups (broad SMARTS) is 1. The van der Waals surface area contributed by atoms with Gasteiger partial charge in [0.15, 0.2) is 0 Å². The van der Waals surface area contributed by atoms with Crippen LogP contribution in [0.15, 0.2) is 0 Å². The fourth-order valence-electron chi connectivity index (χ4n) is 2.17. The van der Waals surface area contributed by atoms with Crippen LogP contribution in [-0.2, 0) is 9.59 Å². The van der Waals surface area contributed by atoms with Gasteiger partial charge in [0.1, 0.15) is 6.04 Å². The molecule has 0 radical (unpaired) electrons. The molecule has 1 saturated heterocycles. The summed E-state index contributed by atoms with van der Waals surface area (Å²) < 4.78 is 0. The normalized spacial score (nSPS) is 24.0. The van der Waals surface area contributed by atoms with Crippen molar-refractivity contribution >= 4 is 11.9 Å². The standard InChI is InChI=1S/C12H21NO4/c1-2-3-4-5-6-11(15)13-8-9(14)7-10(13)12(16)17/h9-10,14H,2-8H2,1H3,(H,16,17). The third-order valence-corrected chi connectivity index (χ3v) is 3.13. The molecule has 2 N–H and O–H groups in total. The Bertz CT molecular complexity index is 280. The van der Waals surface area contributed by atoms with E-state index in [-0.39, 0.29) is 18.9 Å². The van der Waals surface area contributed by atoms with Gasteiger partial charge >= 0.3 is 5.97 Å². The molecule has 17 heavy (non-hydrogen) atoms. The Balaban J connectivity index is 2.41.